The summed E-state index contributed by atoms with van der Waals surface area (Å²) in [6, 6.07) is 4.07. The monoisotopic (exact) mass is 292 g/mol. The van der Waals surface area contributed by atoms with Crippen molar-refractivity contribution >= 4 is 17.6 Å². The third-order valence-electron chi connectivity index (χ3n) is 5.08. The number of hydrogen-bond donors (Lipinski definition) is 1. The Morgan fingerprint density at radius 3 is 2.45 bits per heavy atom. The highest BCUT2D eigenvalue weighted by Gasteiger charge is 2.41. The van der Waals surface area contributed by atoms with E-state index in [9.17, 15) is 9.90 Å². The lowest BCUT2D eigenvalue weighted by molar-refractivity contribution is -0.145. The van der Waals surface area contributed by atoms with Crippen LogP contribution < -0.4 is 0 Å². The van der Waals surface area contributed by atoms with Gasteiger partial charge in [-0.05, 0) is 61.3 Å². The van der Waals surface area contributed by atoms with Crippen molar-refractivity contribution in [3.63, 3.8) is 0 Å². The van der Waals surface area contributed by atoms with E-state index < -0.39 is 11.4 Å². The van der Waals surface area contributed by atoms with E-state index in [0.29, 0.717) is 0 Å². The van der Waals surface area contributed by atoms with E-state index in [1.165, 1.54) is 24.0 Å². The molecular formula is C17H21ClO2. The first-order chi connectivity index (χ1) is 9.63. The normalized spacial score (nSPS) is 21.2. The third kappa shape index (κ3) is 2.24. The summed E-state index contributed by atoms with van der Waals surface area (Å²) >= 11 is 6.44. The maximum Gasteiger partial charge on any atom is 0.314 e. The van der Waals surface area contributed by atoms with E-state index in [2.05, 4.69) is 6.07 Å². The summed E-state index contributed by atoms with van der Waals surface area (Å²) in [6.07, 6.45) is 9.10. The van der Waals surface area contributed by atoms with Gasteiger partial charge >= 0.3 is 5.97 Å². The van der Waals surface area contributed by atoms with Crippen molar-refractivity contribution in [2.45, 2.75) is 63.2 Å². The SMILES string of the molecule is O=C(O)C1(c2cc(Cl)c3c(c2)CCCC3)CCCCC1. The quantitative estimate of drug-likeness (QED) is 0.871. The van der Waals surface area contributed by atoms with Crippen molar-refractivity contribution in [1.82, 2.24) is 0 Å². The van der Waals surface area contributed by atoms with Gasteiger partial charge in [-0.2, -0.15) is 0 Å². The molecule has 1 aromatic carbocycles. The van der Waals surface area contributed by atoms with Gasteiger partial charge < -0.3 is 5.11 Å². The lowest BCUT2D eigenvalue weighted by atomic mass is 9.68. The number of halogens is 1. The van der Waals surface area contributed by atoms with Gasteiger partial charge in [-0.1, -0.05) is 36.9 Å². The van der Waals surface area contributed by atoms with Crippen LogP contribution in [0.5, 0.6) is 0 Å². The van der Waals surface area contributed by atoms with Crippen LogP contribution in [-0.2, 0) is 23.1 Å². The number of carbonyl (C=O) groups is 1. The second kappa shape index (κ2) is 5.40. The first-order valence-electron chi connectivity index (χ1n) is 7.69. The molecule has 2 aliphatic carbocycles. The van der Waals surface area contributed by atoms with Crippen molar-refractivity contribution in [3.8, 4) is 0 Å². The molecule has 0 atom stereocenters. The molecule has 2 aliphatic rings. The van der Waals surface area contributed by atoms with Crippen LogP contribution in [0.15, 0.2) is 12.1 Å². The van der Waals surface area contributed by atoms with E-state index in [-0.39, 0.29) is 0 Å². The lowest BCUT2D eigenvalue weighted by Gasteiger charge is -2.35. The van der Waals surface area contributed by atoms with Gasteiger partial charge in [0.1, 0.15) is 0 Å². The van der Waals surface area contributed by atoms with Crippen molar-refractivity contribution < 1.29 is 9.90 Å². The summed E-state index contributed by atoms with van der Waals surface area (Å²) in [5.41, 5.74) is 2.77. The van der Waals surface area contributed by atoms with Crippen molar-refractivity contribution in [1.29, 1.82) is 0 Å². The van der Waals surface area contributed by atoms with Gasteiger partial charge in [0.25, 0.3) is 0 Å². The highest BCUT2D eigenvalue weighted by Crippen LogP contribution is 2.42. The number of benzene rings is 1. The first kappa shape index (κ1) is 13.9. The number of carboxylic acids is 1. The molecule has 3 rings (SSSR count). The van der Waals surface area contributed by atoms with Crippen molar-refractivity contribution in [2.24, 2.45) is 0 Å². The van der Waals surface area contributed by atoms with Gasteiger partial charge in [0.15, 0.2) is 0 Å². The molecule has 0 radical (unpaired) electrons. The lowest BCUT2D eigenvalue weighted by Crippen LogP contribution is -2.38. The van der Waals surface area contributed by atoms with E-state index in [4.69, 9.17) is 11.6 Å². The molecular weight excluding hydrogens is 272 g/mol. The molecule has 0 aromatic heterocycles. The summed E-state index contributed by atoms with van der Waals surface area (Å²) in [6.45, 7) is 0. The Balaban J connectivity index is 2.07. The van der Waals surface area contributed by atoms with Crippen molar-refractivity contribution in [3.05, 3.63) is 33.8 Å². The average Bonchev–Trinajstić information content (AvgIpc) is 2.48. The summed E-state index contributed by atoms with van der Waals surface area (Å²) in [5.74, 6) is -0.677. The van der Waals surface area contributed by atoms with Gasteiger partial charge in [-0.25, -0.2) is 0 Å². The van der Waals surface area contributed by atoms with Crippen LogP contribution in [0, 0.1) is 0 Å². The molecule has 3 heteroatoms. The van der Waals surface area contributed by atoms with Crippen LogP contribution in [0.4, 0.5) is 0 Å². The maximum atomic E-state index is 11.9. The number of hydrogen-bond acceptors (Lipinski definition) is 1. The molecule has 2 nitrogen and oxygen atoms in total. The molecule has 1 N–H and O–H groups in total. The Hall–Kier alpha value is -1.02. The zero-order valence-corrected chi connectivity index (χ0v) is 12.5. The van der Waals surface area contributed by atoms with Crippen LogP contribution in [0.3, 0.4) is 0 Å². The van der Waals surface area contributed by atoms with Crippen LogP contribution >= 0.6 is 11.6 Å². The maximum absolute atomic E-state index is 11.9. The Morgan fingerprint density at radius 2 is 1.75 bits per heavy atom. The zero-order chi connectivity index (χ0) is 14.2. The number of carboxylic acid groups (broad SMARTS) is 1. The predicted molar refractivity (Wildman–Crippen MR) is 80.5 cm³/mol. The molecule has 0 amide bonds. The van der Waals surface area contributed by atoms with Crippen LogP contribution in [0.2, 0.25) is 5.02 Å². The van der Waals surface area contributed by atoms with E-state index in [1.54, 1.807) is 0 Å². The molecule has 0 aliphatic heterocycles. The molecule has 0 spiro atoms. The third-order valence-corrected chi connectivity index (χ3v) is 5.42. The molecule has 0 bridgehead atoms. The van der Waals surface area contributed by atoms with Crippen LogP contribution in [0.25, 0.3) is 0 Å². The molecule has 0 saturated heterocycles. The zero-order valence-electron chi connectivity index (χ0n) is 11.8. The van der Waals surface area contributed by atoms with E-state index in [0.717, 1.165) is 55.5 Å². The minimum atomic E-state index is -0.700. The molecule has 0 heterocycles. The fourth-order valence-corrected chi connectivity index (χ4v) is 4.20. The summed E-state index contributed by atoms with van der Waals surface area (Å²) in [7, 11) is 0. The first-order valence-corrected chi connectivity index (χ1v) is 8.06. The number of aryl methyl sites for hydroxylation is 1. The summed E-state index contributed by atoms with van der Waals surface area (Å²) < 4.78 is 0. The highest BCUT2D eigenvalue weighted by atomic mass is 35.5. The Bertz CT molecular complexity index is 530. The molecule has 108 valence electrons. The molecule has 1 aromatic rings. The van der Waals surface area contributed by atoms with Gasteiger partial charge in [0, 0.05) is 5.02 Å². The van der Waals surface area contributed by atoms with Gasteiger partial charge in [0.2, 0.25) is 0 Å². The standard InChI is InChI=1S/C17H21ClO2/c18-15-11-13(10-12-6-2-3-7-14(12)15)17(16(19)20)8-4-1-5-9-17/h10-11H,1-9H2,(H,19,20). The van der Waals surface area contributed by atoms with Gasteiger partial charge in [-0.3, -0.25) is 4.79 Å². The minimum absolute atomic E-state index is 0.677. The highest BCUT2D eigenvalue weighted by molar-refractivity contribution is 6.31. The van der Waals surface area contributed by atoms with Crippen LogP contribution in [-0.4, -0.2) is 11.1 Å². The second-order valence-corrected chi connectivity index (χ2v) is 6.66. The average molecular weight is 293 g/mol. The molecule has 20 heavy (non-hydrogen) atoms. The van der Waals surface area contributed by atoms with Gasteiger partial charge in [-0.15, -0.1) is 0 Å². The smallest absolute Gasteiger partial charge is 0.314 e. The topological polar surface area (TPSA) is 37.3 Å². The van der Waals surface area contributed by atoms with E-state index >= 15 is 0 Å². The fourth-order valence-electron chi connectivity index (χ4n) is 3.87. The molecule has 0 unspecified atom stereocenters. The minimum Gasteiger partial charge on any atom is -0.481 e. The Morgan fingerprint density at radius 1 is 1.05 bits per heavy atom. The van der Waals surface area contributed by atoms with Crippen LogP contribution in [0.1, 0.15) is 61.6 Å². The van der Waals surface area contributed by atoms with E-state index in [1.807, 2.05) is 6.07 Å². The van der Waals surface area contributed by atoms with Gasteiger partial charge in [0.05, 0.1) is 5.41 Å². The largest absolute Gasteiger partial charge is 0.481 e. The second-order valence-electron chi connectivity index (χ2n) is 6.25. The fraction of sp³-hybridized carbons (Fsp3) is 0.588. The molecule has 1 fully saturated rings. The summed E-state index contributed by atoms with van der Waals surface area (Å²) in [4.78, 5) is 11.9. The summed E-state index contributed by atoms with van der Waals surface area (Å²) in [5, 5.41) is 10.6. The molecule has 1 saturated carbocycles. The Labute approximate surface area is 125 Å². The predicted octanol–water partition coefficient (Wildman–Crippen LogP) is 4.51. The number of aliphatic carboxylic acids is 1. The Kier molecular flexibility index (Phi) is 3.76. The number of rotatable bonds is 2. The number of fused-ring (bicyclic) bond motifs is 1. The van der Waals surface area contributed by atoms with Crippen molar-refractivity contribution in [2.75, 3.05) is 0 Å².